The lowest BCUT2D eigenvalue weighted by molar-refractivity contribution is 0.628. The fourth-order valence-corrected chi connectivity index (χ4v) is 4.93. The summed E-state index contributed by atoms with van der Waals surface area (Å²) in [6.07, 6.45) is 0. The van der Waals surface area contributed by atoms with Crippen LogP contribution in [0.3, 0.4) is 0 Å². The standard InChI is InChI=1S/C35H32FN/c1-23(2)31-19-28(25-11-7-5-8-12-25)20-32(24(3)4)35(31)29-21-33(26-13-9-6-10-14-26)37-34(22-29)27-15-17-30(36)18-16-27/h5-24H,1-4H3. The molecule has 0 unspecified atom stereocenters. The molecule has 0 amide bonds. The Balaban J connectivity index is 1.79. The van der Waals surface area contributed by atoms with Crippen LogP contribution in [0.25, 0.3) is 44.8 Å². The highest BCUT2D eigenvalue weighted by atomic mass is 19.1. The van der Waals surface area contributed by atoms with Crippen molar-refractivity contribution < 1.29 is 4.39 Å². The molecule has 5 rings (SSSR count). The van der Waals surface area contributed by atoms with Gasteiger partial charge in [-0.3, -0.25) is 0 Å². The van der Waals surface area contributed by atoms with Gasteiger partial charge in [0.15, 0.2) is 0 Å². The first kappa shape index (κ1) is 24.6. The number of aromatic nitrogens is 1. The Labute approximate surface area is 219 Å². The number of hydrogen-bond donors (Lipinski definition) is 0. The lowest BCUT2D eigenvalue weighted by atomic mass is 9.82. The van der Waals surface area contributed by atoms with E-state index in [1.165, 1.54) is 39.9 Å². The van der Waals surface area contributed by atoms with Crippen molar-refractivity contribution in [3.05, 3.63) is 126 Å². The number of nitrogens with zero attached hydrogens (tertiary/aromatic N) is 1. The number of halogens is 1. The van der Waals surface area contributed by atoms with E-state index in [-0.39, 0.29) is 5.82 Å². The van der Waals surface area contributed by atoms with Crippen molar-refractivity contribution >= 4 is 0 Å². The molecular weight excluding hydrogens is 453 g/mol. The first-order valence-electron chi connectivity index (χ1n) is 13.0. The van der Waals surface area contributed by atoms with E-state index in [2.05, 4.69) is 94.4 Å². The van der Waals surface area contributed by atoms with Gasteiger partial charge in [-0.25, -0.2) is 9.37 Å². The van der Waals surface area contributed by atoms with Gasteiger partial charge in [-0.05, 0) is 81.6 Å². The first-order chi connectivity index (χ1) is 17.9. The maximum atomic E-state index is 13.7. The molecular formula is C35H32FN. The fraction of sp³-hybridized carbons (Fsp3) is 0.171. The first-order valence-corrected chi connectivity index (χ1v) is 13.0. The lowest BCUT2D eigenvalue weighted by Gasteiger charge is -2.23. The summed E-state index contributed by atoms with van der Waals surface area (Å²) in [5.74, 6) is 0.418. The minimum absolute atomic E-state index is 0.246. The maximum Gasteiger partial charge on any atom is 0.123 e. The normalized spacial score (nSPS) is 11.3. The third kappa shape index (κ3) is 5.24. The number of hydrogen-bond acceptors (Lipinski definition) is 1. The van der Waals surface area contributed by atoms with Crippen molar-refractivity contribution in [1.82, 2.24) is 4.98 Å². The molecule has 184 valence electrons. The Hall–Kier alpha value is -4.04. The number of pyridine rings is 1. The molecule has 5 aromatic rings. The van der Waals surface area contributed by atoms with E-state index in [4.69, 9.17) is 4.98 Å². The van der Waals surface area contributed by atoms with Gasteiger partial charge in [-0.15, -0.1) is 0 Å². The average Bonchev–Trinajstić information content (AvgIpc) is 2.93. The van der Waals surface area contributed by atoms with Gasteiger partial charge >= 0.3 is 0 Å². The van der Waals surface area contributed by atoms with Gasteiger partial charge in [0.05, 0.1) is 11.4 Å². The Morgan fingerprint density at radius 2 is 0.946 bits per heavy atom. The predicted molar refractivity (Wildman–Crippen MR) is 154 cm³/mol. The smallest absolute Gasteiger partial charge is 0.123 e. The van der Waals surface area contributed by atoms with Gasteiger partial charge in [0.2, 0.25) is 0 Å². The Bertz CT molecular complexity index is 1470. The average molecular weight is 486 g/mol. The van der Waals surface area contributed by atoms with E-state index in [9.17, 15) is 4.39 Å². The Kier molecular flexibility index (Phi) is 7.01. The fourth-order valence-electron chi connectivity index (χ4n) is 4.93. The van der Waals surface area contributed by atoms with Crippen LogP contribution in [0.15, 0.2) is 109 Å². The molecule has 0 saturated carbocycles. The summed E-state index contributed by atoms with van der Waals surface area (Å²) in [4.78, 5) is 5.02. The predicted octanol–water partition coefficient (Wildman–Crippen LogP) is 10.1. The molecule has 0 aliphatic rings. The van der Waals surface area contributed by atoms with Crippen LogP contribution in [0.4, 0.5) is 4.39 Å². The lowest BCUT2D eigenvalue weighted by Crippen LogP contribution is -2.02. The third-order valence-corrected chi connectivity index (χ3v) is 6.87. The number of benzene rings is 4. The van der Waals surface area contributed by atoms with E-state index in [0.29, 0.717) is 11.8 Å². The summed E-state index contributed by atoms with van der Waals surface area (Å²) in [5.41, 5.74) is 11.2. The highest BCUT2D eigenvalue weighted by molar-refractivity contribution is 5.83. The van der Waals surface area contributed by atoms with E-state index in [0.717, 1.165) is 28.1 Å². The third-order valence-electron chi connectivity index (χ3n) is 6.87. The van der Waals surface area contributed by atoms with E-state index < -0.39 is 0 Å². The highest BCUT2D eigenvalue weighted by Gasteiger charge is 2.20. The van der Waals surface area contributed by atoms with Crippen LogP contribution in [0.1, 0.15) is 50.7 Å². The SMILES string of the molecule is CC(C)c1cc(-c2ccccc2)cc(C(C)C)c1-c1cc(-c2ccccc2)nc(-c2ccc(F)cc2)c1. The Morgan fingerprint density at radius 3 is 1.43 bits per heavy atom. The summed E-state index contributed by atoms with van der Waals surface area (Å²) in [6.45, 7) is 9.05. The molecule has 1 nitrogen and oxygen atoms in total. The van der Waals surface area contributed by atoms with Crippen molar-refractivity contribution in [3.63, 3.8) is 0 Å². The maximum absolute atomic E-state index is 13.7. The molecule has 1 heterocycles. The second-order valence-corrected chi connectivity index (χ2v) is 10.2. The van der Waals surface area contributed by atoms with Crippen molar-refractivity contribution in [2.24, 2.45) is 0 Å². The second-order valence-electron chi connectivity index (χ2n) is 10.2. The molecule has 0 atom stereocenters. The summed E-state index contributed by atoms with van der Waals surface area (Å²) in [6, 6.07) is 36.5. The molecule has 0 radical (unpaired) electrons. The molecule has 0 fully saturated rings. The molecule has 2 heteroatoms. The van der Waals surface area contributed by atoms with E-state index >= 15 is 0 Å². The summed E-state index contributed by atoms with van der Waals surface area (Å²) in [5, 5.41) is 0. The van der Waals surface area contributed by atoms with Crippen LogP contribution in [-0.2, 0) is 0 Å². The van der Waals surface area contributed by atoms with Crippen LogP contribution >= 0.6 is 0 Å². The van der Waals surface area contributed by atoms with Crippen LogP contribution in [0.5, 0.6) is 0 Å². The van der Waals surface area contributed by atoms with Crippen LogP contribution in [-0.4, -0.2) is 4.98 Å². The van der Waals surface area contributed by atoms with Gasteiger partial charge in [0, 0.05) is 11.1 Å². The molecule has 0 aliphatic carbocycles. The largest absolute Gasteiger partial charge is 0.248 e. The molecule has 0 aliphatic heterocycles. The molecule has 0 saturated heterocycles. The van der Waals surface area contributed by atoms with E-state index in [1.54, 1.807) is 12.1 Å². The zero-order chi connectivity index (χ0) is 25.9. The van der Waals surface area contributed by atoms with Crippen molar-refractivity contribution in [1.29, 1.82) is 0 Å². The van der Waals surface area contributed by atoms with Crippen LogP contribution in [0.2, 0.25) is 0 Å². The highest BCUT2D eigenvalue weighted by Crippen LogP contribution is 2.41. The van der Waals surface area contributed by atoms with Gasteiger partial charge in [0.1, 0.15) is 5.82 Å². The van der Waals surface area contributed by atoms with Gasteiger partial charge in [-0.1, -0.05) is 100 Å². The topological polar surface area (TPSA) is 12.9 Å². The zero-order valence-electron chi connectivity index (χ0n) is 21.9. The molecule has 4 aromatic carbocycles. The molecule has 0 N–H and O–H groups in total. The molecule has 0 spiro atoms. The van der Waals surface area contributed by atoms with Crippen molar-refractivity contribution in [2.45, 2.75) is 39.5 Å². The monoisotopic (exact) mass is 485 g/mol. The van der Waals surface area contributed by atoms with E-state index in [1.807, 2.05) is 18.2 Å². The molecule has 1 aromatic heterocycles. The molecule has 37 heavy (non-hydrogen) atoms. The van der Waals surface area contributed by atoms with Gasteiger partial charge in [0.25, 0.3) is 0 Å². The Morgan fingerprint density at radius 1 is 0.486 bits per heavy atom. The summed E-state index contributed by atoms with van der Waals surface area (Å²) < 4.78 is 13.7. The number of rotatable bonds is 6. The van der Waals surface area contributed by atoms with Crippen LogP contribution in [0, 0.1) is 5.82 Å². The minimum Gasteiger partial charge on any atom is -0.248 e. The van der Waals surface area contributed by atoms with Gasteiger partial charge < -0.3 is 0 Å². The minimum atomic E-state index is -0.246. The summed E-state index contributed by atoms with van der Waals surface area (Å²) in [7, 11) is 0. The van der Waals surface area contributed by atoms with Crippen molar-refractivity contribution in [2.75, 3.05) is 0 Å². The van der Waals surface area contributed by atoms with Gasteiger partial charge in [-0.2, -0.15) is 0 Å². The quantitative estimate of drug-likeness (QED) is 0.233. The van der Waals surface area contributed by atoms with Crippen LogP contribution < -0.4 is 0 Å². The second kappa shape index (κ2) is 10.5. The summed E-state index contributed by atoms with van der Waals surface area (Å²) >= 11 is 0. The molecule has 0 bridgehead atoms. The zero-order valence-corrected chi connectivity index (χ0v) is 21.9. The van der Waals surface area contributed by atoms with Crippen molar-refractivity contribution in [3.8, 4) is 44.8 Å².